The number of hydrogen-bond donors (Lipinski definition) is 0. The van der Waals surface area contributed by atoms with Gasteiger partial charge in [-0.05, 0) is 23.6 Å². The summed E-state index contributed by atoms with van der Waals surface area (Å²) in [5, 5.41) is 0. The molecule has 1 aliphatic rings. The zero-order valence-corrected chi connectivity index (χ0v) is 12.5. The number of nitrogens with zero attached hydrogens (tertiary/aromatic N) is 1. The second-order valence-corrected chi connectivity index (χ2v) is 5.85. The quantitative estimate of drug-likeness (QED) is 0.854. The second-order valence-electron chi connectivity index (χ2n) is 5.85. The number of piperidine rings is 1. The first-order valence-electron chi connectivity index (χ1n) is 7.63. The Morgan fingerprint density at radius 1 is 1.05 bits per heavy atom. The molecule has 0 bridgehead atoms. The molecule has 0 spiro atoms. The van der Waals surface area contributed by atoms with Gasteiger partial charge in [-0.1, -0.05) is 55.5 Å². The number of carbonyl (C=O) groups is 1. The molecule has 1 aliphatic heterocycles. The minimum Gasteiger partial charge on any atom is -0.370 e. The lowest BCUT2D eigenvalue weighted by Gasteiger charge is -2.33. The van der Waals surface area contributed by atoms with Crippen molar-refractivity contribution in [3.8, 4) is 0 Å². The topological polar surface area (TPSA) is 20.3 Å². The van der Waals surface area contributed by atoms with Gasteiger partial charge in [0.1, 0.15) is 5.78 Å². The van der Waals surface area contributed by atoms with Crippen molar-refractivity contribution in [2.24, 2.45) is 5.92 Å². The van der Waals surface area contributed by atoms with Crippen molar-refractivity contribution >= 4 is 11.5 Å². The lowest BCUT2D eigenvalue weighted by atomic mass is 9.96. The summed E-state index contributed by atoms with van der Waals surface area (Å²) in [6.45, 7) is 3.72. The highest BCUT2D eigenvalue weighted by atomic mass is 16.1. The molecule has 1 saturated heterocycles. The molecule has 2 heteroatoms. The Morgan fingerprint density at radius 3 is 2.52 bits per heavy atom. The highest BCUT2D eigenvalue weighted by Gasteiger charge is 2.24. The second kappa shape index (κ2) is 6.13. The van der Waals surface area contributed by atoms with Crippen LogP contribution in [0.5, 0.6) is 0 Å². The third-order valence-electron chi connectivity index (χ3n) is 4.24. The number of ketones is 1. The predicted molar refractivity (Wildman–Crippen MR) is 86.7 cm³/mol. The minimum absolute atomic E-state index is 0.142. The van der Waals surface area contributed by atoms with Gasteiger partial charge in [0.15, 0.2) is 0 Å². The number of benzene rings is 2. The molecule has 108 valence electrons. The lowest BCUT2D eigenvalue weighted by molar-refractivity contribution is -0.122. The SMILES string of the molecule is CC1CN(c2ccccc2Cc2ccccc2)CCC1=O. The van der Waals surface area contributed by atoms with E-state index >= 15 is 0 Å². The maximum Gasteiger partial charge on any atom is 0.139 e. The van der Waals surface area contributed by atoms with Gasteiger partial charge in [0.2, 0.25) is 0 Å². The number of rotatable bonds is 3. The van der Waals surface area contributed by atoms with Crippen LogP contribution in [0.25, 0.3) is 0 Å². The first-order valence-corrected chi connectivity index (χ1v) is 7.63. The number of carbonyl (C=O) groups excluding carboxylic acids is 1. The molecule has 0 aliphatic carbocycles. The molecule has 1 fully saturated rings. The fraction of sp³-hybridized carbons (Fsp3) is 0.316. The number of anilines is 1. The highest BCUT2D eigenvalue weighted by molar-refractivity contribution is 5.83. The summed E-state index contributed by atoms with van der Waals surface area (Å²) in [4.78, 5) is 14.1. The third-order valence-corrected chi connectivity index (χ3v) is 4.24. The molecule has 2 aromatic rings. The third kappa shape index (κ3) is 3.15. The minimum atomic E-state index is 0.142. The molecule has 2 nitrogen and oxygen atoms in total. The van der Waals surface area contributed by atoms with E-state index in [-0.39, 0.29) is 5.92 Å². The first-order chi connectivity index (χ1) is 10.2. The summed E-state index contributed by atoms with van der Waals surface area (Å²) in [7, 11) is 0. The van der Waals surface area contributed by atoms with Crippen molar-refractivity contribution in [3.63, 3.8) is 0 Å². The van der Waals surface area contributed by atoms with Crippen LogP contribution in [-0.2, 0) is 11.2 Å². The molecule has 1 unspecified atom stereocenters. The van der Waals surface area contributed by atoms with Crippen LogP contribution in [0, 0.1) is 5.92 Å². The van der Waals surface area contributed by atoms with Crippen molar-refractivity contribution in [3.05, 3.63) is 65.7 Å². The molecule has 1 atom stereocenters. The average Bonchev–Trinajstić information content (AvgIpc) is 2.52. The summed E-state index contributed by atoms with van der Waals surface area (Å²) >= 11 is 0. The van der Waals surface area contributed by atoms with Gasteiger partial charge in [0.05, 0.1) is 0 Å². The summed E-state index contributed by atoms with van der Waals surface area (Å²) < 4.78 is 0. The summed E-state index contributed by atoms with van der Waals surface area (Å²) in [6, 6.07) is 19.1. The van der Waals surface area contributed by atoms with Crippen molar-refractivity contribution in [1.29, 1.82) is 0 Å². The van der Waals surface area contributed by atoms with E-state index in [9.17, 15) is 4.79 Å². The van der Waals surface area contributed by atoms with Crippen LogP contribution in [0.2, 0.25) is 0 Å². The summed E-state index contributed by atoms with van der Waals surface area (Å²) in [5.41, 5.74) is 3.94. The van der Waals surface area contributed by atoms with Gasteiger partial charge in [-0.15, -0.1) is 0 Å². The van der Waals surface area contributed by atoms with E-state index in [0.29, 0.717) is 12.2 Å². The van der Waals surface area contributed by atoms with Gasteiger partial charge in [-0.2, -0.15) is 0 Å². The Balaban J connectivity index is 1.84. The fourth-order valence-corrected chi connectivity index (χ4v) is 3.02. The van der Waals surface area contributed by atoms with Gasteiger partial charge in [0.25, 0.3) is 0 Å². The normalized spacial score (nSPS) is 18.8. The summed E-state index contributed by atoms with van der Waals surface area (Å²) in [6.07, 6.45) is 1.61. The van der Waals surface area contributed by atoms with Crippen LogP contribution in [0.4, 0.5) is 5.69 Å². The van der Waals surface area contributed by atoms with Crippen LogP contribution in [0.1, 0.15) is 24.5 Å². The van der Waals surface area contributed by atoms with E-state index in [2.05, 4.69) is 53.4 Å². The number of Topliss-reactive ketones (excluding diaryl/α,β-unsaturated/α-hetero) is 1. The van der Waals surface area contributed by atoms with Gasteiger partial charge < -0.3 is 4.90 Å². The molecule has 0 N–H and O–H groups in total. The average molecular weight is 279 g/mol. The summed E-state index contributed by atoms with van der Waals surface area (Å²) in [5.74, 6) is 0.537. The molecule has 2 aromatic carbocycles. The van der Waals surface area contributed by atoms with E-state index < -0.39 is 0 Å². The Kier molecular flexibility index (Phi) is 4.05. The van der Waals surface area contributed by atoms with E-state index in [0.717, 1.165) is 19.5 Å². The molecule has 21 heavy (non-hydrogen) atoms. The molecule has 0 radical (unpaired) electrons. The molecular formula is C19H21NO. The van der Waals surface area contributed by atoms with Crippen molar-refractivity contribution in [2.45, 2.75) is 19.8 Å². The van der Waals surface area contributed by atoms with Crippen LogP contribution in [-0.4, -0.2) is 18.9 Å². The fourth-order valence-electron chi connectivity index (χ4n) is 3.02. The largest absolute Gasteiger partial charge is 0.370 e. The Bertz CT molecular complexity index is 620. The standard InChI is InChI=1S/C19H21NO/c1-15-14-20(12-11-19(15)21)18-10-6-5-9-17(18)13-16-7-3-2-4-8-16/h2-10,15H,11-14H2,1H3. The molecule has 3 rings (SSSR count). The van der Waals surface area contributed by atoms with E-state index in [1.54, 1.807) is 0 Å². The van der Waals surface area contributed by atoms with Crippen molar-refractivity contribution in [2.75, 3.05) is 18.0 Å². The zero-order chi connectivity index (χ0) is 14.7. The van der Waals surface area contributed by atoms with Gasteiger partial charge >= 0.3 is 0 Å². The van der Waals surface area contributed by atoms with E-state index in [1.165, 1.54) is 16.8 Å². The van der Waals surface area contributed by atoms with E-state index in [1.807, 2.05) is 13.0 Å². The van der Waals surface area contributed by atoms with E-state index in [4.69, 9.17) is 0 Å². The molecule has 1 heterocycles. The van der Waals surface area contributed by atoms with Gasteiger partial charge in [-0.3, -0.25) is 4.79 Å². The predicted octanol–water partition coefficient (Wildman–Crippen LogP) is 3.69. The zero-order valence-electron chi connectivity index (χ0n) is 12.5. The maximum absolute atomic E-state index is 11.7. The number of para-hydroxylation sites is 1. The van der Waals surface area contributed by atoms with Crippen molar-refractivity contribution < 1.29 is 4.79 Å². The van der Waals surface area contributed by atoms with Crippen molar-refractivity contribution in [1.82, 2.24) is 0 Å². The van der Waals surface area contributed by atoms with Crippen LogP contribution in [0.15, 0.2) is 54.6 Å². The van der Waals surface area contributed by atoms with Gasteiger partial charge in [0, 0.05) is 31.1 Å². The Labute approximate surface area is 126 Å². The highest BCUT2D eigenvalue weighted by Crippen LogP contribution is 2.26. The maximum atomic E-state index is 11.7. The van der Waals surface area contributed by atoms with Gasteiger partial charge in [-0.25, -0.2) is 0 Å². The lowest BCUT2D eigenvalue weighted by Crippen LogP contribution is -2.40. The molecule has 0 aromatic heterocycles. The monoisotopic (exact) mass is 279 g/mol. The first kappa shape index (κ1) is 13.9. The van der Waals surface area contributed by atoms with Crippen LogP contribution < -0.4 is 4.90 Å². The van der Waals surface area contributed by atoms with Crippen LogP contribution >= 0.6 is 0 Å². The number of hydrogen-bond acceptors (Lipinski definition) is 2. The molecule has 0 amide bonds. The molecular weight excluding hydrogens is 258 g/mol. The Hall–Kier alpha value is -2.09. The smallest absolute Gasteiger partial charge is 0.139 e. The van der Waals surface area contributed by atoms with Crippen LogP contribution in [0.3, 0.4) is 0 Å². The Morgan fingerprint density at radius 2 is 1.76 bits per heavy atom. The molecule has 0 saturated carbocycles.